The molecule has 1 saturated carbocycles. The zero-order valence-corrected chi connectivity index (χ0v) is 10.2. The summed E-state index contributed by atoms with van der Waals surface area (Å²) in [5.41, 5.74) is 6.37. The normalized spacial score (nSPS) is 26.8. The number of likely N-dealkylation sites (tertiary alicyclic amines) is 1. The molecule has 0 atom stereocenters. The molecule has 0 aromatic carbocycles. The van der Waals surface area contributed by atoms with Gasteiger partial charge in [-0.15, -0.1) is 0 Å². The third-order valence-corrected chi connectivity index (χ3v) is 4.35. The third-order valence-electron chi connectivity index (χ3n) is 4.35. The molecule has 2 heteroatoms. The average molecular weight is 210 g/mol. The van der Waals surface area contributed by atoms with E-state index in [1.54, 1.807) is 0 Å². The molecule has 2 aliphatic rings. The first-order valence-electron chi connectivity index (χ1n) is 6.70. The molecule has 0 radical (unpaired) electrons. The van der Waals surface area contributed by atoms with Crippen LogP contribution >= 0.6 is 0 Å². The molecule has 1 aliphatic carbocycles. The van der Waals surface area contributed by atoms with E-state index in [9.17, 15) is 0 Å². The van der Waals surface area contributed by atoms with Gasteiger partial charge in [-0.25, -0.2) is 0 Å². The Morgan fingerprint density at radius 3 is 2.40 bits per heavy atom. The molecule has 2 rings (SSSR count). The van der Waals surface area contributed by atoms with E-state index in [0.29, 0.717) is 5.41 Å². The van der Waals surface area contributed by atoms with Crippen LogP contribution in [0, 0.1) is 11.3 Å². The van der Waals surface area contributed by atoms with Crippen molar-refractivity contribution in [3.8, 4) is 0 Å². The molecule has 0 bridgehead atoms. The van der Waals surface area contributed by atoms with Gasteiger partial charge < -0.3 is 10.6 Å². The van der Waals surface area contributed by atoms with Gasteiger partial charge in [0, 0.05) is 6.54 Å². The second-order valence-corrected chi connectivity index (χ2v) is 5.71. The van der Waals surface area contributed by atoms with E-state index in [1.165, 1.54) is 58.2 Å². The van der Waals surface area contributed by atoms with Crippen LogP contribution in [0.3, 0.4) is 0 Å². The second kappa shape index (κ2) is 4.84. The van der Waals surface area contributed by atoms with Crippen LogP contribution in [-0.4, -0.2) is 31.1 Å². The standard InChI is InChI=1S/C13H26N2/c1-2-3-12-4-8-15(9-5-12)11-13(10-14)6-7-13/h12H,2-11,14H2,1H3. The summed E-state index contributed by atoms with van der Waals surface area (Å²) in [6, 6.07) is 0. The average Bonchev–Trinajstić information content (AvgIpc) is 3.02. The molecule has 2 fully saturated rings. The molecule has 2 nitrogen and oxygen atoms in total. The topological polar surface area (TPSA) is 29.3 Å². The van der Waals surface area contributed by atoms with Crippen molar-refractivity contribution in [1.29, 1.82) is 0 Å². The molecule has 0 aromatic heterocycles. The number of nitrogens with zero attached hydrogens (tertiary/aromatic N) is 1. The van der Waals surface area contributed by atoms with Crippen molar-refractivity contribution in [2.45, 2.75) is 45.4 Å². The molecule has 15 heavy (non-hydrogen) atoms. The zero-order chi connectivity index (χ0) is 10.7. The first-order chi connectivity index (χ1) is 7.28. The van der Waals surface area contributed by atoms with Gasteiger partial charge in [0.05, 0.1) is 0 Å². The molecule has 0 spiro atoms. The molecule has 1 heterocycles. The quantitative estimate of drug-likeness (QED) is 0.754. The molecule has 0 unspecified atom stereocenters. The largest absolute Gasteiger partial charge is 0.330 e. The first kappa shape index (κ1) is 11.4. The number of hydrogen-bond acceptors (Lipinski definition) is 2. The van der Waals surface area contributed by atoms with Crippen LogP contribution in [0.5, 0.6) is 0 Å². The van der Waals surface area contributed by atoms with Gasteiger partial charge >= 0.3 is 0 Å². The van der Waals surface area contributed by atoms with Crippen molar-refractivity contribution in [3.63, 3.8) is 0 Å². The fraction of sp³-hybridized carbons (Fsp3) is 1.00. The number of rotatable bonds is 5. The van der Waals surface area contributed by atoms with Crippen molar-refractivity contribution in [2.75, 3.05) is 26.2 Å². The van der Waals surface area contributed by atoms with Crippen LogP contribution < -0.4 is 5.73 Å². The Labute approximate surface area is 94.2 Å². The van der Waals surface area contributed by atoms with E-state index >= 15 is 0 Å². The van der Waals surface area contributed by atoms with E-state index in [1.807, 2.05) is 0 Å². The third kappa shape index (κ3) is 2.94. The van der Waals surface area contributed by atoms with Crippen LogP contribution in [0.2, 0.25) is 0 Å². The van der Waals surface area contributed by atoms with Gasteiger partial charge in [0.2, 0.25) is 0 Å². The van der Waals surface area contributed by atoms with Crippen LogP contribution in [0.1, 0.15) is 45.4 Å². The minimum atomic E-state index is 0.539. The van der Waals surface area contributed by atoms with Crippen molar-refractivity contribution in [1.82, 2.24) is 4.90 Å². The van der Waals surface area contributed by atoms with Crippen molar-refractivity contribution >= 4 is 0 Å². The Hall–Kier alpha value is -0.0800. The molecular formula is C13H26N2. The number of piperidine rings is 1. The maximum absolute atomic E-state index is 5.83. The predicted octanol–water partition coefficient (Wildman–Crippen LogP) is 2.24. The Morgan fingerprint density at radius 2 is 1.93 bits per heavy atom. The second-order valence-electron chi connectivity index (χ2n) is 5.71. The van der Waals surface area contributed by atoms with Gasteiger partial charge in [0.15, 0.2) is 0 Å². The summed E-state index contributed by atoms with van der Waals surface area (Å²) in [7, 11) is 0. The summed E-state index contributed by atoms with van der Waals surface area (Å²) in [4.78, 5) is 2.66. The highest BCUT2D eigenvalue weighted by Crippen LogP contribution is 2.45. The van der Waals surface area contributed by atoms with Gasteiger partial charge in [-0.1, -0.05) is 19.8 Å². The number of hydrogen-bond donors (Lipinski definition) is 1. The Kier molecular flexibility index (Phi) is 3.68. The molecule has 1 saturated heterocycles. The lowest BCUT2D eigenvalue weighted by Gasteiger charge is -2.34. The highest BCUT2D eigenvalue weighted by molar-refractivity contribution is 4.96. The molecule has 0 aromatic rings. The van der Waals surface area contributed by atoms with Gasteiger partial charge in [0.1, 0.15) is 0 Å². The van der Waals surface area contributed by atoms with Crippen LogP contribution in [0.15, 0.2) is 0 Å². The van der Waals surface area contributed by atoms with E-state index in [0.717, 1.165) is 12.5 Å². The lowest BCUT2D eigenvalue weighted by atomic mass is 9.92. The smallest absolute Gasteiger partial charge is 0.00501 e. The van der Waals surface area contributed by atoms with Crippen LogP contribution in [0.25, 0.3) is 0 Å². The van der Waals surface area contributed by atoms with Gasteiger partial charge in [-0.05, 0) is 56.7 Å². The predicted molar refractivity (Wildman–Crippen MR) is 64.8 cm³/mol. The highest BCUT2D eigenvalue weighted by atomic mass is 15.1. The monoisotopic (exact) mass is 210 g/mol. The SMILES string of the molecule is CCCC1CCN(CC2(CN)CC2)CC1. The summed E-state index contributed by atoms with van der Waals surface area (Å²) in [5, 5.41) is 0. The summed E-state index contributed by atoms with van der Waals surface area (Å²) < 4.78 is 0. The van der Waals surface area contributed by atoms with E-state index in [-0.39, 0.29) is 0 Å². The van der Waals surface area contributed by atoms with Crippen LogP contribution in [0.4, 0.5) is 0 Å². The number of nitrogens with two attached hydrogens (primary N) is 1. The fourth-order valence-electron chi connectivity index (χ4n) is 2.92. The molecule has 0 amide bonds. The van der Waals surface area contributed by atoms with Gasteiger partial charge in [0.25, 0.3) is 0 Å². The maximum atomic E-state index is 5.83. The van der Waals surface area contributed by atoms with E-state index in [2.05, 4.69) is 11.8 Å². The summed E-state index contributed by atoms with van der Waals surface area (Å²) in [6.07, 6.45) is 8.40. The van der Waals surface area contributed by atoms with Crippen molar-refractivity contribution < 1.29 is 0 Å². The highest BCUT2D eigenvalue weighted by Gasteiger charge is 2.42. The minimum absolute atomic E-state index is 0.539. The fourth-order valence-corrected chi connectivity index (χ4v) is 2.92. The lowest BCUT2D eigenvalue weighted by molar-refractivity contribution is 0.151. The van der Waals surface area contributed by atoms with E-state index < -0.39 is 0 Å². The van der Waals surface area contributed by atoms with Crippen LogP contribution in [-0.2, 0) is 0 Å². The van der Waals surface area contributed by atoms with Gasteiger partial charge in [-0.3, -0.25) is 0 Å². The van der Waals surface area contributed by atoms with Gasteiger partial charge in [-0.2, -0.15) is 0 Å². The molecule has 88 valence electrons. The summed E-state index contributed by atoms with van der Waals surface area (Å²) in [5.74, 6) is 1.01. The Bertz CT molecular complexity index is 191. The van der Waals surface area contributed by atoms with Crippen molar-refractivity contribution in [2.24, 2.45) is 17.1 Å². The maximum Gasteiger partial charge on any atom is 0.00501 e. The van der Waals surface area contributed by atoms with Crippen molar-refractivity contribution in [3.05, 3.63) is 0 Å². The zero-order valence-electron chi connectivity index (χ0n) is 10.2. The Morgan fingerprint density at radius 1 is 1.27 bits per heavy atom. The molecule has 2 N–H and O–H groups in total. The lowest BCUT2D eigenvalue weighted by Crippen LogP contribution is -2.39. The van der Waals surface area contributed by atoms with E-state index in [4.69, 9.17) is 5.73 Å². The summed E-state index contributed by atoms with van der Waals surface area (Å²) >= 11 is 0. The molecule has 1 aliphatic heterocycles. The minimum Gasteiger partial charge on any atom is -0.330 e. The first-order valence-corrected chi connectivity index (χ1v) is 6.70. The molecular weight excluding hydrogens is 184 g/mol. The Balaban J connectivity index is 1.69. The summed E-state index contributed by atoms with van der Waals surface area (Å²) in [6.45, 7) is 7.14.